The Labute approximate surface area is 303 Å². The predicted octanol–water partition coefficient (Wildman–Crippen LogP) is -7.56. The summed E-state index contributed by atoms with van der Waals surface area (Å²) >= 11 is 0.459. The van der Waals surface area contributed by atoms with E-state index in [-0.39, 0.29) is 143 Å². The maximum atomic E-state index is 12.0. The van der Waals surface area contributed by atoms with Gasteiger partial charge in [0.1, 0.15) is 0 Å². The molecule has 18 heteroatoms. The van der Waals surface area contributed by atoms with Crippen molar-refractivity contribution in [2.75, 3.05) is 0 Å². The fourth-order valence-corrected chi connectivity index (χ4v) is 2.33. The number of nitro groups is 2. The first kappa shape index (κ1) is 57.5. The van der Waals surface area contributed by atoms with Gasteiger partial charge >= 0.3 is 88.7 Å². The summed E-state index contributed by atoms with van der Waals surface area (Å²) in [6.45, 7) is 0. The summed E-state index contributed by atoms with van der Waals surface area (Å²) < 4.78 is 4.06. The van der Waals surface area contributed by atoms with Gasteiger partial charge in [-0.2, -0.15) is 17.8 Å². The Morgan fingerprint density at radius 2 is 1.36 bits per heavy atom. The number of rotatable bonds is 5. The molecule has 13 nitrogen and oxygen atoms in total. The molecule has 0 aliphatic heterocycles. The van der Waals surface area contributed by atoms with Crippen molar-refractivity contribution in [1.82, 2.24) is 12.3 Å². The standard InChI is InChI=1S/C10H6N2O8S.C10H.CH4.2H3N.3Na.H2O.H2S/c13-10-7-3-5(21-20-19-18)1-2-6(7)8(11(14)15)4-9(10)12(16)17;1-3-5-7-9-10-8-6-4-2;;;;;;;;/h1-4,13,18H;1H;1H4;2*1H3;;;;2*1H2/q;-1;;;;3*+1;;/p-2. The van der Waals surface area contributed by atoms with Gasteiger partial charge in [0.2, 0.25) is 0 Å². The van der Waals surface area contributed by atoms with Crippen LogP contribution in [0.4, 0.5) is 11.4 Å². The third-order valence-electron chi connectivity index (χ3n) is 3.02. The van der Waals surface area contributed by atoms with E-state index in [1.54, 1.807) is 0 Å². The van der Waals surface area contributed by atoms with Crippen LogP contribution in [0.1, 0.15) is 7.43 Å². The molecule has 0 fully saturated rings. The van der Waals surface area contributed by atoms with Gasteiger partial charge in [0.25, 0.3) is 11.4 Å². The van der Waals surface area contributed by atoms with Gasteiger partial charge in [-0.15, -0.1) is 12.3 Å². The zero-order valence-corrected chi connectivity index (χ0v) is 28.2. The van der Waals surface area contributed by atoms with Gasteiger partial charge in [0, 0.05) is 4.90 Å². The fraction of sp³-hybridized carbons (Fsp3) is 0.0476. The van der Waals surface area contributed by atoms with Gasteiger partial charge in [-0.25, -0.2) is 5.92 Å². The molecule has 2 aromatic carbocycles. The predicted molar refractivity (Wildman–Crippen MR) is 135 cm³/mol. The van der Waals surface area contributed by atoms with Crippen LogP contribution in [0.5, 0.6) is 5.75 Å². The Hall–Kier alpha value is -1.44. The van der Waals surface area contributed by atoms with E-state index in [0.29, 0.717) is 18.1 Å². The summed E-state index contributed by atoms with van der Waals surface area (Å²) in [5.74, 6) is 16.9. The van der Waals surface area contributed by atoms with Crippen LogP contribution in [0.15, 0.2) is 29.2 Å². The Bertz CT molecular complexity index is 1280. The minimum absolute atomic E-state index is 0. The third kappa shape index (κ3) is 20.1. The van der Waals surface area contributed by atoms with E-state index in [1.165, 1.54) is 12.1 Å². The van der Waals surface area contributed by atoms with E-state index in [0.717, 1.165) is 6.07 Å². The number of terminal acetylenes is 1. The first-order valence-electron chi connectivity index (χ1n) is 7.44. The van der Waals surface area contributed by atoms with Crippen molar-refractivity contribution in [3.63, 3.8) is 0 Å². The average molecular weight is 605 g/mol. The first-order valence-corrected chi connectivity index (χ1v) is 8.18. The van der Waals surface area contributed by atoms with Crippen LogP contribution in [0.2, 0.25) is 0 Å². The zero-order chi connectivity index (χ0) is 23.2. The normalized spacial score (nSPS) is 6.64. The van der Waals surface area contributed by atoms with Crippen LogP contribution in [0.3, 0.4) is 0 Å². The largest absolute Gasteiger partial charge is 1.00 e. The second-order valence-electron chi connectivity index (χ2n) is 4.70. The Kier molecular flexibility index (Phi) is 48.3. The summed E-state index contributed by atoms with van der Waals surface area (Å²) in [6, 6.07) is 4.33. The van der Waals surface area contributed by atoms with E-state index in [9.17, 15) is 30.6 Å². The fourth-order valence-electron chi connectivity index (χ4n) is 1.93. The maximum Gasteiger partial charge on any atom is 1.00 e. The van der Waals surface area contributed by atoms with E-state index in [4.69, 9.17) is 12.8 Å². The Morgan fingerprint density at radius 3 is 1.79 bits per heavy atom. The molecule has 39 heavy (non-hydrogen) atoms. The molecular formula is C21H19N4Na3O9S2. The molecule has 0 saturated heterocycles. The number of hydrogen-bond donors (Lipinski definition) is 2. The van der Waals surface area contributed by atoms with Crippen molar-refractivity contribution in [2.45, 2.75) is 12.3 Å². The minimum atomic E-state index is -0.994. The van der Waals surface area contributed by atoms with Crippen molar-refractivity contribution in [2.24, 2.45) is 0 Å². The summed E-state index contributed by atoms with van der Waals surface area (Å²) in [5, 5.41) is 46.3. The molecule has 2 rings (SSSR count). The van der Waals surface area contributed by atoms with Crippen molar-refractivity contribution >= 4 is 47.7 Å². The van der Waals surface area contributed by atoms with Gasteiger partial charge in [-0.05, 0) is 58.9 Å². The molecule has 0 unspecified atom stereocenters. The van der Waals surface area contributed by atoms with Gasteiger partial charge in [0.05, 0.1) is 33.3 Å². The molecule has 0 heterocycles. The minimum Gasteiger partial charge on any atom is -0.867 e. The number of hydrogen-bond acceptors (Lipinski definition) is 11. The molecule has 0 amide bonds. The molecular weight excluding hydrogens is 585 g/mol. The van der Waals surface area contributed by atoms with Gasteiger partial charge in [-0.3, -0.25) is 31.2 Å². The van der Waals surface area contributed by atoms with Crippen molar-refractivity contribution < 1.29 is 124 Å². The summed E-state index contributed by atoms with van der Waals surface area (Å²) in [4.78, 5) is 20.1. The molecule has 192 valence electrons. The van der Waals surface area contributed by atoms with E-state index in [2.05, 4.69) is 50.8 Å². The number of non-ortho nitro benzene ring substituents is 1. The van der Waals surface area contributed by atoms with Crippen molar-refractivity contribution in [3.8, 4) is 59.5 Å². The second-order valence-corrected chi connectivity index (χ2v) is 5.48. The number of nitro benzene ring substituents is 2. The summed E-state index contributed by atoms with van der Waals surface area (Å²) in [7, 11) is 0. The van der Waals surface area contributed by atoms with Crippen molar-refractivity contribution in [1.29, 1.82) is 0 Å². The molecule has 0 saturated carbocycles. The second kappa shape index (κ2) is 32.8. The Balaban J connectivity index is -0.0000000792. The molecule has 0 radical (unpaired) electrons. The monoisotopic (exact) mass is 604 g/mol. The van der Waals surface area contributed by atoms with Crippen LogP contribution < -0.4 is 111 Å². The van der Waals surface area contributed by atoms with Crippen LogP contribution in [0.25, 0.3) is 10.8 Å². The zero-order valence-electron chi connectivity index (χ0n) is 20.4. The quantitative estimate of drug-likeness (QED) is 0.0616. The Morgan fingerprint density at radius 1 is 0.872 bits per heavy atom. The van der Waals surface area contributed by atoms with Crippen LogP contribution in [0, 0.1) is 80.4 Å². The number of nitrogens with zero attached hydrogens (tertiary/aromatic N) is 2. The first-order chi connectivity index (χ1) is 14.9. The molecule has 0 spiro atoms. The molecule has 0 aliphatic rings. The SMILES string of the molecule is C.N.N.O.O=[N+]([O-])c1cc([N+](=O)[O-])c2ccc(SOO[O-])cc2c1[O-].S.[C-]#CC#CC#CC#CC#C.[Na+].[Na+].[Na+]. The van der Waals surface area contributed by atoms with Crippen molar-refractivity contribution in [3.05, 3.63) is 50.9 Å². The number of benzene rings is 2. The van der Waals surface area contributed by atoms with Gasteiger partial charge in [0.15, 0.2) is 0 Å². The molecule has 0 aromatic heterocycles. The molecule has 8 N–H and O–H groups in total. The van der Waals surface area contributed by atoms with E-state index >= 15 is 0 Å². The molecule has 0 aliphatic carbocycles. The van der Waals surface area contributed by atoms with Crippen LogP contribution in [-0.2, 0) is 9.37 Å². The number of fused-ring (bicyclic) bond motifs is 1. The van der Waals surface area contributed by atoms with Crippen LogP contribution >= 0.6 is 25.5 Å². The molecule has 2 aromatic rings. The smallest absolute Gasteiger partial charge is 0.867 e. The maximum absolute atomic E-state index is 12.0. The topological polar surface area (TPSA) is 252 Å². The average Bonchev–Trinajstić information content (AvgIpc) is 2.75. The van der Waals surface area contributed by atoms with Crippen LogP contribution in [-0.4, -0.2) is 15.3 Å². The molecule has 0 atom stereocenters. The summed E-state index contributed by atoms with van der Waals surface area (Å²) in [6.07, 6.45) is 11.2. The molecule has 0 bridgehead atoms. The van der Waals surface area contributed by atoms with Gasteiger partial charge < -0.3 is 34.6 Å². The summed E-state index contributed by atoms with van der Waals surface area (Å²) in [5.41, 5.74) is -1.47. The van der Waals surface area contributed by atoms with E-state index in [1.807, 2.05) is 5.92 Å². The van der Waals surface area contributed by atoms with E-state index < -0.39 is 27.0 Å². The third-order valence-corrected chi connectivity index (χ3v) is 3.59. The van der Waals surface area contributed by atoms with Gasteiger partial charge in [-0.1, -0.05) is 7.43 Å².